The van der Waals surface area contributed by atoms with Gasteiger partial charge in [0.05, 0.1) is 37.4 Å². The molecule has 360 valence electrons. The number of aryl methyl sites for hydroxylation is 2. The molecule has 4 aromatic carbocycles. The molecule has 0 amide bonds. The Labute approximate surface area is 384 Å². The molecular formula is C51H56F8N4O4. The van der Waals surface area contributed by atoms with E-state index in [0.29, 0.717) is 70.8 Å². The van der Waals surface area contributed by atoms with Gasteiger partial charge in [0.1, 0.15) is 23.1 Å². The zero-order chi connectivity index (χ0) is 48.0. The first-order valence-corrected chi connectivity index (χ1v) is 21.4. The van der Waals surface area contributed by atoms with Crippen LogP contribution in [0.4, 0.5) is 46.5 Å². The molecule has 2 atom stereocenters. The predicted octanol–water partition coefficient (Wildman–Crippen LogP) is 12.2. The second-order valence-electron chi connectivity index (χ2n) is 18.6. The normalized spacial score (nSPS) is 17.4. The van der Waals surface area contributed by atoms with E-state index in [9.17, 15) is 40.2 Å². The lowest BCUT2D eigenvalue weighted by Gasteiger charge is -2.38. The molecular weight excluding hydrogens is 885 g/mol. The van der Waals surface area contributed by atoms with Gasteiger partial charge in [-0.05, 0) is 110 Å². The molecule has 0 aliphatic carbocycles. The van der Waals surface area contributed by atoms with Gasteiger partial charge in [-0.2, -0.15) is 26.3 Å². The van der Waals surface area contributed by atoms with Crippen molar-refractivity contribution in [2.24, 2.45) is 0 Å². The summed E-state index contributed by atoms with van der Waals surface area (Å²) in [5.41, 5.74) is 5.27. The Bertz CT molecular complexity index is 2750. The molecule has 4 N–H and O–H groups in total. The number of ether oxygens (including phenoxy) is 3. The van der Waals surface area contributed by atoms with Gasteiger partial charge < -0.3 is 30.4 Å². The van der Waals surface area contributed by atoms with Crippen LogP contribution in [0.5, 0.6) is 11.5 Å². The van der Waals surface area contributed by atoms with E-state index in [1.807, 2.05) is 44.2 Å². The monoisotopic (exact) mass is 940 g/mol. The fourth-order valence-corrected chi connectivity index (χ4v) is 8.83. The van der Waals surface area contributed by atoms with Gasteiger partial charge in [-0.15, -0.1) is 0 Å². The highest BCUT2D eigenvalue weighted by molar-refractivity contribution is 5.91. The smallest absolute Gasteiger partial charge is 0.419 e. The minimum Gasteiger partial charge on any atom is -0.493 e. The Morgan fingerprint density at radius 3 is 1.70 bits per heavy atom. The van der Waals surface area contributed by atoms with E-state index in [1.54, 1.807) is 58.0 Å². The highest BCUT2D eigenvalue weighted by Gasteiger charge is 2.67. The molecule has 5 heterocycles. The van der Waals surface area contributed by atoms with Gasteiger partial charge in [0, 0.05) is 68.6 Å². The van der Waals surface area contributed by atoms with Crippen molar-refractivity contribution in [3.8, 4) is 11.5 Å². The van der Waals surface area contributed by atoms with Gasteiger partial charge in [0.25, 0.3) is 0 Å². The topological polar surface area (TPSA) is 115 Å². The summed E-state index contributed by atoms with van der Waals surface area (Å²) in [6.07, 6.45) is -9.19. The van der Waals surface area contributed by atoms with Gasteiger partial charge in [0.15, 0.2) is 11.2 Å². The van der Waals surface area contributed by atoms with Crippen molar-refractivity contribution in [2.75, 3.05) is 37.4 Å². The van der Waals surface area contributed by atoms with Gasteiger partial charge in [-0.1, -0.05) is 47.3 Å². The van der Waals surface area contributed by atoms with Crippen molar-refractivity contribution in [2.45, 2.75) is 109 Å². The first kappa shape index (κ1) is 50.7. The van der Waals surface area contributed by atoms with Crippen molar-refractivity contribution in [3.63, 3.8) is 0 Å². The number of halogens is 8. The number of nitrogens with zero attached hydrogens (tertiary/aromatic N) is 2. The van der Waals surface area contributed by atoms with Gasteiger partial charge in [-0.3, -0.25) is 9.97 Å². The lowest BCUT2D eigenvalue weighted by Crippen LogP contribution is -2.53. The number of anilines is 2. The molecule has 2 aromatic heterocycles. The Kier molecular flexibility index (Phi) is 14.2. The number of nitrogen functional groups attached to an aromatic ring is 1. The molecule has 0 spiro atoms. The van der Waals surface area contributed by atoms with Crippen LogP contribution in [-0.2, 0) is 28.4 Å². The van der Waals surface area contributed by atoms with E-state index >= 15 is 0 Å². The zero-order valence-electron chi connectivity index (χ0n) is 37.4. The molecule has 9 rings (SSSR count). The summed E-state index contributed by atoms with van der Waals surface area (Å²) < 4.78 is 125. The standard InChI is InChI=1S/C25H26F4N2O2.C15H16F4O2.C10H10N2.CH4/c1-15-7-8-18-20(5-4-6-21(18)31-15)30-14-24(32,25(27,28)29)13-23(2,3)19-12-17(26)11-16-9-10-33-22(16)19;1-13(2,7-14(8-21-14)15(17,18)19)11-6-10(16)5-9-3-4-20-12(9)11;1-7-5-6-8-9(11)3-2-4-10(8)12-7;/h4-8,11-12,30,32H,9-10,13-14H2,1-3H3;5-6H,3-4,7-8H2,1-2H3;2-6H,11H2,1H3;1H4/t24-;14-;;/m00../s1. The van der Waals surface area contributed by atoms with Crippen LogP contribution in [0.15, 0.2) is 84.9 Å². The van der Waals surface area contributed by atoms with Crippen LogP contribution >= 0.6 is 0 Å². The van der Waals surface area contributed by atoms with Gasteiger partial charge in [-0.25, -0.2) is 8.78 Å². The number of aromatic nitrogens is 2. The van der Waals surface area contributed by atoms with Crippen molar-refractivity contribution in [3.05, 3.63) is 130 Å². The van der Waals surface area contributed by atoms with E-state index in [0.717, 1.165) is 33.5 Å². The van der Waals surface area contributed by atoms with Gasteiger partial charge in [0.2, 0.25) is 0 Å². The first-order chi connectivity index (χ1) is 30.8. The van der Waals surface area contributed by atoms with Crippen molar-refractivity contribution < 1.29 is 54.4 Å². The van der Waals surface area contributed by atoms with Crippen LogP contribution in [0, 0.1) is 25.5 Å². The van der Waals surface area contributed by atoms with Crippen molar-refractivity contribution in [1.29, 1.82) is 0 Å². The fourth-order valence-electron chi connectivity index (χ4n) is 8.83. The van der Waals surface area contributed by atoms with Crippen molar-refractivity contribution >= 4 is 33.2 Å². The molecule has 0 saturated carbocycles. The maximum atomic E-state index is 14.2. The summed E-state index contributed by atoms with van der Waals surface area (Å²) >= 11 is 0. The summed E-state index contributed by atoms with van der Waals surface area (Å²) in [5.74, 6) is -0.0385. The lowest BCUT2D eigenvalue weighted by atomic mass is 9.74. The molecule has 1 fully saturated rings. The van der Waals surface area contributed by atoms with E-state index in [4.69, 9.17) is 19.9 Å². The van der Waals surface area contributed by atoms with E-state index in [-0.39, 0.29) is 20.5 Å². The largest absolute Gasteiger partial charge is 0.493 e. The van der Waals surface area contributed by atoms with Crippen molar-refractivity contribution in [1.82, 2.24) is 9.97 Å². The summed E-state index contributed by atoms with van der Waals surface area (Å²) in [6.45, 7) is 9.93. The molecule has 1 saturated heterocycles. The molecule has 8 nitrogen and oxygen atoms in total. The minimum atomic E-state index is -4.92. The molecule has 16 heteroatoms. The van der Waals surface area contributed by atoms with E-state index in [1.165, 1.54) is 24.3 Å². The number of aliphatic hydroxyl groups is 1. The molecule has 0 radical (unpaired) electrons. The maximum Gasteiger partial charge on any atom is 0.419 e. The number of rotatable bonds is 9. The number of pyridine rings is 2. The summed E-state index contributed by atoms with van der Waals surface area (Å²) in [5, 5.41) is 15.4. The Balaban J connectivity index is 0.000000185. The fraction of sp³-hybridized carbons (Fsp3) is 0.412. The average Bonchev–Trinajstić information content (AvgIpc) is 3.61. The second kappa shape index (κ2) is 18.7. The lowest BCUT2D eigenvalue weighted by molar-refractivity contribution is -0.260. The molecule has 0 unspecified atom stereocenters. The molecule has 67 heavy (non-hydrogen) atoms. The predicted molar refractivity (Wildman–Crippen MR) is 245 cm³/mol. The third-order valence-electron chi connectivity index (χ3n) is 12.3. The van der Waals surface area contributed by atoms with E-state index in [2.05, 4.69) is 15.3 Å². The Morgan fingerprint density at radius 1 is 0.701 bits per heavy atom. The number of nitrogens with two attached hydrogens (primary N) is 1. The van der Waals surface area contributed by atoms with Gasteiger partial charge >= 0.3 is 12.4 Å². The number of benzene rings is 4. The van der Waals surface area contributed by atoms with Crippen LogP contribution in [0.25, 0.3) is 21.8 Å². The third-order valence-corrected chi connectivity index (χ3v) is 12.3. The number of fused-ring (bicyclic) bond motifs is 4. The summed E-state index contributed by atoms with van der Waals surface area (Å²) in [4.78, 5) is 8.75. The molecule has 3 aliphatic rings. The van der Waals surface area contributed by atoms with E-state index < -0.39 is 59.0 Å². The Hall–Kier alpha value is -5.74. The van der Waals surface area contributed by atoms with Crippen LogP contribution in [0.1, 0.15) is 81.6 Å². The van der Waals surface area contributed by atoms with Crippen LogP contribution in [0.3, 0.4) is 0 Å². The molecule has 0 bridgehead atoms. The highest BCUT2D eigenvalue weighted by atomic mass is 19.4. The molecule has 6 aromatic rings. The van der Waals surface area contributed by atoms with Crippen LogP contribution < -0.4 is 20.5 Å². The first-order valence-electron chi connectivity index (χ1n) is 21.4. The number of epoxide rings is 1. The number of hydrogen-bond acceptors (Lipinski definition) is 8. The number of nitrogens with one attached hydrogen (secondary N) is 1. The minimum absolute atomic E-state index is 0. The second-order valence-corrected chi connectivity index (χ2v) is 18.6. The average molecular weight is 941 g/mol. The summed E-state index contributed by atoms with van der Waals surface area (Å²) in [6, 6.07) is 23.6. The Morgan fingerprint density at radius 2 is 1.19 bits per heavy atom. The summed E-state index contributed by atoms with van der Waals surface area (Å²) in [7, 11) is 0. The highest BCUT2D eigenvalue weighted by Crippen LogP contribution is 2.53. The number of alkyl halides is 6. The molecule has 3 aliphatic heterocycles. The third kappa shape index (κ3) is 10.9. The number of hydrogen-bond donors (Lipinski definition) is 3. The zero-order valence-corrected chi connectivity index (χ0v) is 37.4. The SMILES string of the molecule is C.CC(C)(C[C@@]1(C(F)(F)F)CO1)c1cc(F)cc2c1OCC2.Cc1ccc2c(N)cccc2n1.Cc1ccc2c(NC[C@@](O)(CC(C)(C)c3cc(F)cc4c3OCC4)C(F)(F)F)cccc2n1. The maximum absolute atomic E-state index is 14.2. The van der Waals surface area contributed by atoms with Crippen LogP contribution in [-0.4, -0.2) is 65.0 Å². The quantitative estimate of drug-likeness (QED) is 0.0746. The van der Waals surface area contributed by atoms with Crippen LogP contribution in [0.2, 0.25) is 0 Å².